The molecule has 0 N–H and O–H groups in total. The number of rotatable bonds is 1. The number of halogens is 1. The first-order valence-electron chi connectivity index (χ1n) is 5.87. The molecule has 0 aliphatic carbocycles. The van der Waals surface area contributed by atoms with Gasteiger partial charge >= 0.3 is 0 Å². The molecular formula is C16H13ClN2. The zero-order valence-electron chi connectivity index (χ0n) is 10.3. The summed E-state index contributed by atoms with van der Waals surface area (Å²) in [5.74, 6) is 0. The van der Waals surface area contributed by atoms with Crippen molar-refractivity contribution in [2.45, 2.75) is 0 Å². The second-order valence-electron chi connectivity index (χ2n) is 3.78. The fourth-order valence-electron chi connectivity index (χ4n) is 1.55. The van der Waals surface area contributed by atoms with Crippen LogP contribution in [0.2, 0.25) is 5.02 Å². The molecule has 1 aromatic heterocycles. The van der Waals surface area contributed by atoms with Crippen molar-refractivity contribution in [2.24, 2.45) is 0 Å². The number of hydrogen-bond donors (Lipinski definition) is 0. The van der Waals surface area contributed by atoms with E-state index < -0.39 is 0 Å². The predicted molar refractivity (Wildman–Crippen MR) is 78.9 cm³/mol. The normalized spacial score (nSPS) is 9.32. The quantitative estimate of drug-likeness (QED) is 0.650. The molecule has 0 fully saturated rings. The maximum Gasteiger partial charge on any atom is 0.115 e. The number of aromatic nitrogens is 2. The lowest BCUT2D eigenvalue weighted by atomic mass is 10.1. The Morgan fingerprint density at radius 3 is 1.89 bits per heavy atom. The Morgan fingerprint density at radius 2 is 1.37 bits per heavy atom. The van der Waals surface area contributed by atoms with Crippen molar-refractivity contribution in [3.8, 4) is 11.1 Å². The van der Waals surface area contributed by atoms with Crippen LogP contribution >= 0.6 is 11.6 Å². The van der Waals surface area contributed by atoms with Crippen molar-refractivity contribution in [1.29, 1.82) is 0 Å². The van der Waals surface area contributed by atoms with Gasteiger partial charge in [0, 0.05) is 17.4 Å². The van der Waals surface area contributed by atoms with Crippen molar-refractivity contribution < 1.29 is 0 Å². The molecule has 2 aromatic carbocycles. The van der Waals surface area contributed by atoms with Crippen molar-refractivity contribution >= 4 is 11.6 Å². The molecule has 0 aliphatic heterocycles. The smallest absolute Gasteiger partial charge is 0.115 e. The van der Waals surface area contributed by atoms with Gasteiger partial charge in [0.2, 0.25) is 0 Å². The van der Waals surface area contributed by atoms with Gasteiger partial charge in [-0.1, -0.05) is 54.1 Å². The Balaban J connectivity index is 0.000000186. The Kier molecular flexibility index (Phi) is 5.08. The Labute approximate surface area is 117 Å². The summed E-state index contributed by atoms with van der Waals surface area (Å²) in [5.41, 5.74) is 2.36. The minimum absolute atomic E-state index is 0.779. The summed E-state index contributed by atoms with van der Waals surface area (Å²) in [5, 5.41) is 0.779. The van der Waals surface area contributed by atoms with Gasteiger partial charge < -0.3 is 0 Å². The summed E-state index contributed by atoms with van der Waals surface area (Å²) in [6.45, 7) is 0. The Bertz CT molecular complexity index is 571. The van der Waals surface area contributed by atoms with Gasteiger partial charge in [-0.2, -0.15) is 0 Å². The average molecular weight is 269 g/mol. The van der Waals surface area contributed by atoms with E-state index in [-0.39, 0.29) is 0 Å². The van der Waals surface area contributed by atoms with E-state index in [2.05, 4.69) is 28.2 Å². The minimum atomic E-state index is 0.779. The highest BCUT2D eigenvalue weighted by atomic mass is 35.5. The van der Waals surface area contributed by atoms with Gasteiger partial charge in [-0.25, -0.2) is 9.97 Å². The highest BCUT2D eigenvalue weighted by molar-refractivity contribution is 6.30. The van der Waals surface area contributed by atoms with Gasteiger partial charge in [0.15, 0.2) is 0 Å². The molecule has 2 nitrogen and oxygen atoms in total. The van der Waals surface area contributed by atoms with Crippen LogP contribution in [0.3, 0.4) is 0 Å². The van der Waals surface area contributed by atoms with Gasteiger partial charge in [-0.15, -0.1) is 0 Å². The molecule has 94 valence electrons. The highest BCUT2D eigenvalue weighted by Gasteiger charge is 1.95. The summed E-state index contributed by atoms with van der Waals surface area (Å²) in [7, 11) is 0. The third kappa shape index (κ3) is 4.53. The van der Waals surface area contributed by atoms with E-state index in [0.717, 1.165) is 10.6 Å². The highest BCUT2D eigenvalue weighted by Crippen LogP contribution is 2.21. The lowest BCUT2D eigenvalue weighted by Crippen LogP contribution is -1.75. The molecular weight excluding hydrogens is 256 g/mol. The molecule has 0 bridgehead atoms. The van der Waals surface area contributed by atoms with Crippen LogP contribution in [0, 0.1) is 0 Å². The van der Waals surface area contributed by atoms with Gasteiger partial charge in [-0.05, 0) is 29.3 Å². The second-order valence-corrected chi connectivity index (χ2v) is 4.22. The fraction of sp³-hybridized carbons (Fsp3) is 0. The van der Waals surface area contributed by atoms with E-state index in [1.807, 2.05) is 36.4 Å². The van der Waals surface area contributed by atoms with Crippen LogP contribution in [0.5, 0.6) is 0 Å². The van der Waals surface area contributed by atoms with E-state index in [0.29, 0.717) is 0 Å². The molecule has 0 saturated heterocycles. The molecule has 19 heavy (non-hydrogen) atoms. The second kappa shape index (κ2) is 7.29. The average Bonchev–Trinajstić information content (AvgIpc) is 2.51. The van der Waals surface area contributed by atoms with E-state index >= 15 is 0 Å². The first kappa shape index (κ1) is 13.2. The lowest BCUT2D eigenvalue weighted by Gasteiger charge is -2.00. The Hall–Kier alpha value is -2.19. The first-order valence-corrected chi connectivity index (χ1v) is 6.25. The summed E-state index contributed by atoms with van der Waals surface area (Å²) < 4.78 is 0. The molecule has 0 spiro atoms. The van der Waals surface area contributed by atoms with Crippen LogP contribution in [-0.4, -0.2) is 9.97 Å². The molecule has 0 aliphatic rings. The van der Waals surface area contributed by atoms with Crippen LogP contribution in [0.4, 0.5) is 0 Å². The third-order valence-corrected chi connectivity index (χ3v) is 2.64. The van der Waals surface area contributed by atoms with Gasteiger partial charge in [-0.3, -0.25) is 0 Å². The minimum Gasteiger partial charge on any atom is -0.245 e. The zero-order valence-corrected chi connectivity index (χ0v) is 11.0. The van der Waals surface area contributed by atoms with Gasteiger partial charge in [0.25, 0.3) is 0 Å². The van der Waals surface area contributed by atoms with Crippen LogP contribution in [0.1, 0.15) is 0 Å². The molecule has 0 unspecified atom stereocenters. The molecule has 0 atom stereocenters. The SMILES string of the molecule is Clc1cccc(-c2ccccc2)c1.c1cncnc1. The predicted octanol–water partition coefficient (Wildman–Crippen LogP) is 4.48. The van der Waals surface area contributed by atoms with Crippen LogP contribution < -0.4 is 0 Å². The van der Waals surface area contributed by atoms with E-state index in [4.69, 9.17) is 11.6 Å². The third-order valence-electron chi connectivity index (χ3n) is 2.41. The molecule has 0 amide bonds. The lowest BCUT2D eigenvalue weighted by molar-refractivity contribution is 1.17. The van der Waals surface area contributed by atoms with Gasteiger partial charge in [0.05, 0.1) is 0 Å². The summed E-state index contributed by atoms with van der Waals surface area (Å²) in [6.07, 6.45) is 4.88. The molecule has 3 aromatic rings. The van der Waals surface area contributed by atoms with Crippen molar-refractivity contribution in [1.82, 2.24) is 9.97 Å². The molecule has 3 heteroatoms. The van der Waals surface area contributed by atoms with E-state index in [1.165, 1.54) is 11.9 Å². The summed E-state index contributed by atoms with van der Waals surface area (Å²) in [4.78, 5) is 7.35. The number of nitrogens with zero attached hydrogens (tertiary/aromatic N) is 2. The van der Waals surface area contributed by atoms with E-state index in [1.54, 1.807) is 18.5 Å². The molecule has 0 radical (unpaired) electrons. The van der Waals surface area contributed by atoms with Crippen molar-refractivity contribution in [3.63, 3.8) is 0 Å². The summed E-state index contributed by atoms with van der Waals surface area (Å²) >= 11 is 5.89. The molecule has 3 rings (SSSR count). The number of benzene rings is 2. The fourth-order valence-corrected chi connectivity index (χ4v) is 1.74. The van der Waals surface area contributed by atoms with Crippen LogP contribution in [0.25, 0.3) is 11.1 Å². The number of hydrogen-bond acceptors (Lipinski definition) is 2. The molecule has 1 heterocycles. The molecule has 0 saturated carbocycles. The van der Waals surface area contributed by atoms with Gasteiger partial charge in [0.1, 0.15) is 6.33 Å². The largest absolute Gasteiger partial charge is 0.245 e. The van der Waals surface area contributed by atoms with E-state index in [9.17, 15) is 0 Å². The Morgan fingerprint density at radius 1 is 0.684 bits per heavy atom. The maximum absolute atomic E-state index is 5.89. The summed E-state index contributed by atoms with van der Waals surface area (Å²) in [6, 6.07) is 19.9. The first-order chi connectivity index (χ1) is 9.36. The van der Waals surface area contributed by atoms with Crippen molar-refractivity contribution in [3.05, 3.63) is 84.4 Å². The monoisotopic (exact) mass is 268 g/mol. The van der Waals surface area contributed by atoms with Crippen LogP contribution in [-0.2, 0) is 0 Å². The maximum atomic E-state index is 5.89. The topological polar surface area (TPSA) is 25.8 Å². The standard InChI is InChI=1S/C12H9Cl.C4H4N2/c13-12-8-4-7-11(9-12)10-5-2-1-3-6-10;1-2-5-4-6-3-1/h1-9H;1-4H. The van der Waals surface area contributed by atoms with Crippen molar-refractivity contribution in [2.75, 3.05) is 0 Å². The zero-order chi connectivity index (χ0) is 13.3. The van der Waals surface area contributed by atoms with Crippen LogP contribution in [0.15, 0.2) is 79.4 Å².